The summed E-state index contributed by atoms with van der Waals surface area (Å²) in [6.07, 6.45) is -3.69. The Balaban J connectivity index is 3.01. The molecule has 68 valence electrons. The first-order chi connectivity index (χ1) is 5.38. The predicted molar refractivity (Wildman–Crippen MR) is 32.8 cm³/mol. The summed E-state index contributed by atoms with van der Waals surface area (Å²) in [5, 5.41) is 0. The summed E-state index contributed by atoms with van der Waals surface area (Å²) in [7, 11) is 0. The molecule has 0 fully saturated rings. The molecule has 0 aromatic heterocycles. The maximum Gasteiger partial charge on any atom is 0.429 e. The van der Waals surface area contributed by atoms with Crippen LogP contribution in [0.3, 0.4) is 0 Å². The highest BCUT2D eigenvalue weighted by Gasteiger charge is 2.59. The molecule has 0 amide bonds. The van der Waals surface area contributed by atoms with Crippen LogP contribution in [-0.4, -0.2) is 11.8 Å². The summed E-state index contributed by atoms with van der Waals surface area (Å²) >= 11 is 0. The molecule has 0 spiro atoms. The normalized spacial score (nSPS) is 30.2. The van der Waals surface area contributed by atoms with E-state index < -0.39 is 24.1 Å². The molecular weight excluding hydrogens is 179 g/mol. The van der Waals surface area contributed by atoms with Crippen LogP contribution < -0.4 is 0 Å². The van der Waals surface area contributed by atoms with E-state index in [1.54, 1.807) is 0 Å². The molecule has 0 heterocycles. The van der Waals surface area contributed by atoms with Crippen LogP contribution in [0.2, 0.25) is 0 Å². The van der Waals surface area contributed by atoms with Gasteiger partial charge < -0.3 is 0 Å². The lowest BCUT2D eigenvalue weighted by Crippen LogP contribution is -2.41. The highest BCUT2D eigenvalue weighted by Crippen LogP contribution is 2.44. The molecule has 0 nitrogen and oxygen atoms in total. The fourth-order valence-electron chi connectivity index (χ4n) is 0.864. The van der Waals surface area contributed by atoms with Crippen molar-refractivity contribution in [1.82, 2.24) is 0 Å². The number of hydrogen-bond acceptors (Lipinski definition) is 0. The Bertz CT molecular complexity index is 237. The van der Waals surface area contributed by atoms with Crippen LogP contribution in [0.25, 0.3) is 0 Å². The van der Waals surface area contributed by atoms with E-state index in [2.05, 4.69) is 0 Å². The van der Waals surface area contributed by atoms with Crippen molar-refractivity contribution in [2.24, 2.45) is 0 Å². The number of allylic oxidation sites excluding steroid dienone is 4. The maximum atomic E-state index is 12.9. The van der Waals surface area contributed by atoms with Gasteiger partial charge in [0, 0.05) is 6.42 Å². The lowest BCUT2D eigenvalue weighted by Gasteiger charge is -2.26. The van der Waals surface area contributed by atoms with E-state index >= 15 is 0 Å². The lowest BCUT2D eigenvalue weighted by atomic mass is 9.95. The van der Waals surface area contributed by atoms with Crippen LogP contribution in [0, 0.1) is 0 Å². The van der Waals surface area contributed by atoms with Crippen molar-refractivity contribution >= 4 is 0 Å². The quantitative estimate of drug-likeness (QED) is 0.507. The van der Waals surface area contributed by atoms with E-state index in [9.17, 15) is 22.0 Å². The monoisotopic (exact) mass is 184 g/mol. The van der Waals surface area contributed by atoms with Gasteiger partial charge in [0.05, 0.1) is 0 Å². The van der Waals surface area contributed by atoms with Crippen molar-refractivity contribution in [2.45, 2.75) is 18.3 Å². The van der Waals surface area contributed by atoms with Gasteiger partial charge in [-0.2, -0.15) is 13.2 Å². The average Bonchev–Trinajstić information content (AvgIpc) is 1.93. The van der Waals surface area contributed by atoms with Gasteiger partial charge in [0.15, 0.2) is 0 Å². The van der Waals surface area contributed by atoms with E-state index in [0.29, 0.717) is 6.08 Å². The van der Waals surface area contributed by atoms with Crippen molar-refractivity contribution in [3.05, 3.63) is 24.1 Å². The van der Waals surface area contributed by atoms with E-state index in [-0.39, 0.29) is 0 Å². The van der Waals surface area contributed by atoms with Gasteiger partial charge in [-0.25, -0.2) is 8.78 Å². The SMILES string of the molecule is FC1=CC=CCC1(F)C(F)(F)F. The van der Waals surface area contributed by atoms with Crippen molar-refractivity contribution in [2.75, 3.05) is 0 Å². The molecule has 0 saturated heterocycles. The van der Waals surface area contributed by atoms with E-state index in [1.807, 2.05) is 0 Å². The topological polar surface area (TPSA) is 0 Å². The highest BCUT2D eigenvalue weighted by molar-refractivity contribution is 5.25. The Hall–Kier alpha value is -0.870. The molecule has 5 heteroatoms. The zero-order chi connectivity index (χ0) is 9.41. The summed E-state index contributed by atoms with van der Waals surface area (Å²) in [6.45, 7) is 0. The van der Waals surface area contributed by atoms with Crippen molar-refractivity contribution in [3.63, 3.8) is 0 Å². The standard InChI is InChI=1S/C7H5F5/c8-5-3-1-2-4-6(5,9)7(10,11)12/h1-3H,4H2. The molecule has 1 aliphatic carbocycles. The number of halogens is 5. The van der Waals surface area contributed by atoms with E-state index in [0.717, 1.165) is 12.2 Å². The maximum absolute atomic E-state index is 12.9. The number of hydrogen-bond donors (Lipinski definition) is 0. The molecule has 1 rings (SSSR count). The van der Waals surface area contributed by atoms with Crippen LogP contribution in [0.15, 0.2) is 24.1 Å². The van der Waals surface area contributed by atoms with Gasteiger partial charge >= 0.3 is 6.18 Å². The molecule has 0 N–H and O–H groups in total. The van der Waals surface area contributed by atoms with E-state index in [1.165, 1.54) is 0 Å². The van der Waals surface area contributed by atoms with Gasteiger partial charge in [-0.05, 0) is 6.08 Å². The van der Waals surface area contributed by atoms with Crippen LogP contribution in [0.1, 0.15) is 6.42 Å². The third-order valence-corrected chi connectivity index (χ3v) is 1.61. The Kier molecular flexibility index (Phi) is 1.97. The zero-order valence-corrected chi connectivity index (χ0v) is 5.83. The zero-order valence-electron chi connectivity index (χ0n) is 5.83. The summed E-state index contributed by atoms with van der Waals surface area (Å²) in [5.41, 5.74) is -3.82. The molecule has 0 aliphatic heterocycles. The first-order valence-corrected chi connectivity index (χ1v) is 3.16. The molecular formula is C7H5F5. The van der Waals surface area contributed by atoms with Crippen molar-refractivity contribution in [3.8, 4) is 0 Å². The fourth-order valence-corrected chi connectivity index (χ4v) is 0.864. The molecule has 0 bridgehead atoms. The smallest absolute Gasteiger partial charge is 0.226 e. The fraction of sp³-hybridized carbons (Fsp3) is 0.429. The summed E-state index contributed by atoms with van der Waals surface area (Å²) in [4.78, 5) is 0. The Labute approximate surface area is 65.4 Å². The minimum atomic E-state index is -5.18. The first-order valence-electron chi connectivity index (χ1n) is 3.16. The average molecular weight is 184 g/mol. The van der Waals surface area contributed by atoms with Gasteiger partial charge in [0.2, 0.25) is 0 Å². The molecule has 0 saturated carbocycles. The molecule has 12 heavy (non-hydrogen) atoms. The predicted octanol–water partition coefficient (Wildman–Crippen LogP) is 3.07. The molecule has 1 unspecified atom stereocenters. The minimum absolute atomic E-state index is 0.483. The van der Waals surface area contributed by atoms with Gasteiger partial charge in [-0.1, -0.05) is 12.2 Å². The largest absolute Gasteiger partial charge is 0.429 e. The highest BCUT2D eigenvalue weighted by atomic mass is 19.4. The van der Waals surface area contributed by atoms with Crippen LogP contribution in [0.4, 0.5) is 22.0 Å². The summed E-state index contributed by atoms with van der Waals surface area (Å²) in [5.74, 6) is -1.78. The summed E-state index contributed by atoms with van der Waals surface area (Å²) < 4.78 is 61.0. The van der Waals surface area contributed by atoms with E-state index in [4.69, 9.17) is 0 Å². The second kappa shape index (κ2) is 2.57. The van der Waals surface area contributed by atoms with Crippen LogP contribution in [0.5, 0.6) is 0 Å². The van der Waals surface area contributed by atoms with Gasteiger partial charge in [-0.3, -0.25) is 0 Å². The minimum Gasteiger partial charge on any atom is -0.226 e. The second-order valence-corrected chi connectivity index (χ2v) is 2.45. The van der Waals surface area contributed by atoms with Crippen molar-refractivity contribution < 1.29 is 22.0 Å². The molecule has 1 aliphatic rings. The molecule has 0 aromatic rings. The van der Waals surface area contributed by atoms with Crippen LogP contribution >= 0.6 is 0 Å². The first kappa shape index (κ1) is 9.22. The second-order valence-electron chi connectivity index (χ2n) is 2.45. The summed E-state index contributed by atoms with van der Waals surface area (Å²) in [6, 6.07) is 0. The van der Waals surface area contributed by atoms with Crippen molar-refractivity contribution in [1.29, 1.82) is 0 Å². The lowest BCUT2D eigenvalue weighted by molar-refractivity contribution is -0.220. The molecule has 0 aromatic carbocycles. The number of alkyl halides is 4. The van der Waals surface area contributed by atoms with Gasteiger partial charge in [0.25, 0.3) is 5.67 Å². The Morgan fingerprint density at radius 2 is 1.92 bits per heavy atom. The number of rotatable bonds is 0. The molecule has 1 atom stereocenters. The van der Waals surface area contributed by atoms with Crippen LogP contribution in [-0.2, 0) is 0 Å². The van der Waals surface area contributed by atoms with Gasteiger partial charge in [-0.15, -0.1) is 0 Å². The molecule has 0 radical (unpaired) electrons. The Morgan fingerprint density at radius 3 is 2.25 bits per heavy atom. The Morgan fingerprint density at radius 1 is 1.33 bits per heavy atom. The third-order valence-electron chi connectivity index (χ3n) is 1.61. The third kappa shape index (κ3) is 1.23. The van der Waals surface area contributed by atoms with Gasteiger partial charge in [0.1, 0.15) is 5.83 Å².